The number of rotatable bonds is 7. The lowest BCUT2D eigenvalue weighted by Crippen LogP contribution is -2.30. The molecule has 7 heteroatoms. The van der Waals surface area contributed by atoms with Crippen LogP contribution in [0.2, 0.25) is 0 Å². The first-order chi connectivity index (χ1) is 7.52. The Bertz CT molecular complexity index is 248. The molecule has 0 saturated carbocycles. The molecule has 0 heterocycles. The van der Waals surface area contributed by atoms with Crippen LogP contribution in [0.15, 0.2) is 0 Å². The highest BCUT2D eigenvalue weighted by molar-refractivity contribution is 7.80. The van der Waals surface area contributed by atoms with Gasteiger partial charge in [-0.25, -0.2) is 4.57 Å². The summed E-state index contributed by atoms with van der Waals surface area (Å²) in [5, 5.41) is 0.148. The summed E-state index contributed by atoms with van der Waals surface area (Å²) in [6, 6.07) is 0. The predicted molar refractivity (Wildman–Crippen MR) is 67.5 cm³/mol. The van der Waals surface area contributed by atoms with Gasteiger partial charge in [-0.15, -0.1) is 0 Å². The Morgan fingerprint density at radius 1 is 1.12 bits per heavy atom. The van der Waals surface area contributed by atoms with Crippen LogP contribution in [-0.4, -0.2) is 36.4 Å². The minimum absolute atomic E-state index is 0.148. The van der Waals surface area contributed by atoms with Gasteiger partial charge in [-0.2, -0.15) is 0 Å². The fourth-order valence-corrected chi connectivity index (χ4v) is 2.69. The van der Waals surface area contributed by atoms with Crippen molar-refractivity contribution in [3.05, 3.63) is 0 Å². The van der Waals surface area contributed by atoms with E-state index in [-0.39, 0.29) is 18.4 Å². The highest BCUT2D eigenvalue weighted by Gasteiger charge is 2.29. The molecule has 0 amide bonds. The number of phosphoric acid groups is 1. The average molecular weight is 269 g/mol. The zero-order valence-corrected chi connectivity index (χ0v) is 12.0. The molecule has 0 unspecified atom stereocenters. The maximum atomic E-state index is 12.0. The minimum atomic E-state index is -3.54. The summed E-state index contributed by atoms with van der Waals surface area (Å²) in [6.45, 7) is 9.18. The van der Waals surface area contributed by atoms with E-state index in [1.165, 1.54) is 0 Å². The topological polar surface area (TPSA) is 48.0 Å². The van der Waals surface area contributed by atoms with Crippen molar-refractivity contribution >= 4 is 25.2 Å². The van der Waals surface area contributed by atoms with Gasteiger partial charge in [-0.1, -0.05) is 0 Å². The molecule has 0 bridgehead atoms. The highest BCUT2D eigenvalue weighted by atomic mass is 32.1. The van der Waals surface area contributed by atoms with E-state index in [4.69, 9.17) is 25.8 Å². The van der Waals surface area contributed by atoms with E-state index in [9.17, 15) is 4.57 Å². The first-order valence-corrected chi connectivity index (χ1v) is 7.27. The molecule has 0 aromatic rings. The molecule has 0 rings (SSSR count). The van der Waals surface area contributed by atoms with E-state index in [2.05, 4.69) is 0 Å². The van der Waals surface area contributed by atoms with Crippen LogP contribution in [0.5, 0.6) is 0 Å². The van der Waals surface area contributed by atoms with Crippen molar-refractivity contribution < 1.29 is 18.1 Å². The molecule has 0 aromatic carbocycles. The molecule has 0 fully saturated rings. The van der Waals surface area contributed by atoms with E-state index in [1.807, 2.05) is 13.8 Å². The van der Waals surface area contributed by atoms with E-state index < -0.39 is 7.82 Å². The summed E-state index contributed by atoms with van der Waals surface area (Å²) in [4.78, 5) is 1.76. The second-order valence-corrected chi connectivity index (χ2v) is 4.75. The standard InChI is InChI=1S/C9H20NO4PS/c1-5-10(6-2)9(16)14-15(11,12-7-3)13-8-4/h5-8H2,1-4H3. The van der Waals surface area contributed by atoms with Gasteiger partial charge in [0, 0.05) is 13.1 Å². The smallest absolute Gasteiger partial charge is 0.377 e. The van der Waals surface area contributed by atoms with Gasteiger partial charge in [-0.05, 0) is 39.9 Å². The molecule has 0 aliphatic rings. The number of hydrogen-bond donors (Lipinski definition) is 0. The highest BCUT2D eigenvalue weighted by Crippen LogP contribution is 2.49. The third-order valence-electron chi connectivity index (χ3n) is 1.79. The Hall–Kier alpha value is -0.160. The SMILES string of the molecule is CCOP(=O)(OCC)OC(=S)N(CC)CC. The van der Waals surface area contributed by atoms with E-state index in [0.717, 1.165) is 0 Å². The van der Waals surface area contributed by atoms with Crippen molar-refractivity contribution in [1.29, 1.82) is 0 Å². The molecule has 0 aliphatic heterocycles. The van der Waals surface area contributed by atoms with Crippen LogP contribution in [0.1, 0.15) is 27.7 Å². The summed E-state index contributed by atoms with van der Waals surface area (Å²) < 4.78 is 27.1. The molecule has 96 valence electrons. The molecule has 0 atom stereocenters. The zero-order valence-electron chi connectivity index (χ0n) is 10.3. The maximum absolute atomic E-state index is 12.0. The summed E-state index contributed by atoms with van der Waals surface area (Å²) in [5.74, 6) is 0. The summed E-state index contributed by atoms with van der Waals surface area (Å²) in [6.07, 6.45) is 0. The Balaban J connectivity index is 4.50. The number of thiocarbonyl (C=S) groups is 1. The second kappa shape index (κ2) is 8.01. The lowest BCUT2D eigenvalue weighted by atomic mass is 10.6. The van der Waals surface area contributed by atoms with Crippen molar-refractivity contribution in [3.8, 4) is 0 Å². The molecule has 5 nitrogen and oxygen atoms in total. The lowest BCUT2D eigenvalue weighted by Gasteiger charge is -2.24. The monoisotopic (exact) mass is 269 g/mol. The fraction of sp³-hybridized carbons (Fsp3) is 0.889. The zero-order chi connectivity index (χ0) is 12.6. The molecule has 16 heavy (non-hydrogen) atoms. The van der Waals surface area contributed by atoms with Crippen LogP contribution in [0, 0.1) is 0 Å². The summed E-state index contributed by atoms with van der Waals surface area (Å²) >= 11 is 5.02. The normalized spacial score (nSPS) is 11.2. The average Bonchev–Trinajstić information content (AvgIpc) is 2.19. The van der Waals surface area contributed by atoms with Crippen LogP contribution in [-0.2, 0) is 18.1 Å². The van der Waals surface area contributed by atoms with Gasteiger partial charge in [0.05, 0.1) is 13.2 Å². The molecule has 0 aromatic heterocycles. The van der Waals surface area contributed by atoms with Gasteiger partial charge in [-0.3, -0.25) is 9.05 Å². The molecule has 0 spiro atoms. The van der Waals surface area contributed by atoms with Gasteiger partial charge in [0.25, 0.3) is 5.17 Å². The van der Waals surface area contributed by atoms with E-state index in [0.29, 0.717) is 13.1 Å². The van der Waals surface area contributed by atoms with E-state index >= 15 is 0 Å². The third-order valence-corrected chi connectivity index (χ3v) is 3.80. The Labute approximate surface area is 103 Å². The van der Waals surface area contributed by atoms with Crippen molar-refractivity contribution in [1.82, 2.24) is 4.90 Å². The first kappa shape index (κ1) is 15.8. The second-order valence-electron chi connectivity index (χ2n) is 2.81. The molecular weight excluding hydrogens is 249 g/mol. The van der Waals surface area contributed by atoms with Crippen molar-refractivity contribution in [2.75, 3.05) is 26.3 Å². The summed E-state index contributed by atoms with van der Waals surface area (Å²) in [7, 11) is -3.54. The Morgan fingerprint density at radius 3 is 1.88 bits per heavy atom. The summed E-state index contributed by atoms with van der Waals surface area (Å²) in [5.41, 5.74) is 0. The van der Waals surface area contributed by atoms with Gasteiger partial charge >= 0.3 is 7.82 Å². The van der Waals surface area contributed by atoms with Gasteiger partial charge in [0.15, 0.2) is 0 Å². The predicted octanol–water partition coefficient (Wildman–Crippen LogP) is 2.81. The van der Waals surface area contributed by atoms with Crippen molar-refractivity contribution in [2.45, 2.75) is 27.7 Å². The molecule has 0 saturated heterocycles. The number of nitrogens with zero attached hydrogens (tertiary/aromatic N) is 1. The first-order valence-electron chi connectivity index (χ1n) is 5.40. The minimum Gasteiger partial charge on any atom is -0.377 e. The van der Waals surface area contributed by atoms with Gasteiger partial charge in [0.1, 0.15) is 0 Å². The largest absolute Gasteiger partial charge is 0.531 e. The van der Waals surface area contributed by atoms with Crippen LogP contribution in [0.25, 0.3) is 0 Å². The lowest BCUT2D eigenvalue weighted by molar-refractivity contribution is 0.157. The maximum Gasteiger partial charge on any atom is 0.531 e. The molecule has 0 aliphatic carbocycles. The van der Waals surface area contributed by atoms with Crippen LogP contribution < -0.4 is 0 Å². The van der Waals surface area contributed by atoms with Crippen LogP contribution in [0.4, 0.5) is 0 Å². The Kier molecular flexibility index (Phi) is 7.93. The van der Waals surface area contributed by atoms with E-state index in [1.54, 1.807) is 18.7 Å². The van der Waals surface area contributed by atoms with Crippen molar-refractivity contribution in [3.63, 3.8) is 0 Å². The quantitative estimate of drug-likeness (QED) is 0.523. The Morgan fingerprint density at radius 2 is 1.56 bits per heavy atom. The molecule has 0 N–H and O–H groups in total. The van der Waals surface area contributed by atoms with Crippen LogP contribution >= 0.6 is 20.0 Å². The van der Waals surface area contributed by atoms with Gasteiger partial charge < -0.3 is 9.42 Å². The third kappa shape index (κ3) is 5.25. The fourth-order valence-electron chi connectivity index (χ4n) is 1.04. The number of phosphoric ester groups is 1. The molecule has 0 radical (unpaired) electrons. The number of hydrogen-bond acceptors (Lipinski definition) is 5. The van der Waals surface area contributed by atoms with Gasteiger partial charge in [0.2, 0.25) is 0 Å². The van der Waals surface area contributed by atoms with Crippen LogP contribution in [0.3, 0.4) is 0 Å². The molecular formula is C9H20NO4PS. The van der Waals surface area contributed by atoms with Crippen molar-refractivity contribution in [2.24, 2.45) is 0 Å².